The molecule has 1 N–H and O–H groups in total. The molecule has 0 saturated heterocycles. The summed E-state index contributed by atoms with van der Waals surface area (Å²) in [6.45, 7) is 3.69. The normalized spacial score (nSPS) is 17.6. The van der Waals surface area contributed by atoms with Crippen molar-refractivity contribution in [2.45, 2.75) is 32.3 Å². The molecule has 1 atom stereocenters. The summed E-state index contributed by atoms with van der Waals surface area (Å²) in [5.74, 6) is 5.08. The first-order valence-electron chi connectivity index (χ1n) is 7.24. The van der Waals surface area contributed by atoms with Gasteiger partial charge in [0.1, 0.15) is 5.60 Å². The number of carbonyl (C=O) groups excluding carboxylic acids is 1. The number of methoxy groups -OCH3 is 1. The summed E-state index contributed by atoms with van der Waals surface area (Å²) in [7, 11) is 1.31. The lowest BCUT2D eigenvalue weighted by atomic mass is 9.77. The number of carbonyl (C=O) groups is 1. The average Bonchev–Trinajstić information content (AvgIpc) is 3.33. The Morgan fingerprint density at radius 3 is 2.55 bits per heavy atom. The summed E-state index contributed by atoms with van der Waals surface area (Å²) in [6, 6.07) is 9.03. The van der Waals surface area contributed by atoms with Crippen LogP contribution < -0.4 is 0 Å². The average molecular weight is 297 g/mol. The summed E-state index contributed by atoms with van der Waals surface area (Å²) < 4.78 is 4.74. The maximum absolute atomic E-state index is 11.8. The van der Waals surface area contributed by atoms with Gasteiger partial charge in [0.05, 0.1) is 24.2 Å². The van der Waals surface area contributed by atoms with Crippen molar-refractivity contribution in [3.05, 3.63) is 35.4 Å². The van der Waals surface area contributed by atoms with Crippen LogP contribution in [0.15, 0.2) is 24.3 Å². The van der Waals surface area contributed by atoms with Crippen LogP contribution in [0.3, 0.4) is 0 Å². The van der Waals surface area contributed by atoms with Crippen LogP contribution in [-0.2, 0) is 4.74 Å². The van der Waals surface area contributed by atoms with Crippen molar-refractivity contribution in [1.29, 1.82) is 5.26 Å². The molecule has 0 radical (unpaired) electrons. The highest BCUT2D eigenvalue weighted by Crippen LogP contribution is 2.56. The van der Waals surface area contributed by atoms with Crippen LogP contribution in [-0.4, -0.2) is 23.8 Å². The molecule has 1 aliphatic carbocycles. The van der Waals surface area contributed by atoms with E-state index in [0.29, 0.717) is 24.0 Å². The molecule has 1 aromatic rings. The molecule has 22 heavy (non-hydrogen) atoms. The van der Waals surface area contributed by atoms with Crippen molar-refractivity contribution in [2.75, 3.05) is 7.11 Å². The van der Waals surface area contributed by atoms with E-state index >= 15 is 0 Å². The van der Waals surface area contributed by atoms with Crippen molar-refractivity contribution < 1.29 is 14.6 Å². The largest absolute Gasteiger partial charge is 0.465 e. The Morgan fingerprint density at radius 1 is 1.41 bits per heavy atom. The lowest BCUT2D eigenvalue weighted by Gasteiger charge is -2.31. The minimum Gasteiger partial charge on any atom is -0.465 e. The molecular weight excluding hydrogens is 278 g/mol. The lowest BCUT2D eigenvalue weighted by molar-refractivity contribution is 0.00475. The molecule has 1 aromatic carbocycles. The topological polar surface area (TPSA) is 70.3 Å². The second kappa shape index (κ2) is 5.83. The Morgan fingerprint density at radius 2 is 2.05 bits per heavy atom. The van der Waals surface area contributed by atoms with Gasteiger partial charge >= 0.3 is 5.97 Å². The van der Waals surface area contributed by atoms with E-state index in [-0.39, 0.29) is 5.92 Å². The zero-order chi connectivity index (χ0) is 16.4. The molecule has 1 fully saturated rings. The summed E-state index contributed by atoms with van der Waals surface area (Å²) in [6.07, 6.45) is 1.29. The molecule has 1 saturated carbocycles. The number of ether oxygens (including phenoxy) is 1. The van der Waals surface area contributed by atoms with Gasteiger partial charge in [-0.1, -0.05) is 37.8 Å². The number of esters is 1. The van der Waals surface area contributed by atoms with Gasteiger partial charge in [0, 0.05) is 5.56 Å². The van der Waals surface area contributed by atoms with Gasteiger partial charge in [0.2, 0.25) is 0 Å². The fourth-order valence-corrected chi connectivity index (χ4v) is 2.56. The van der Waals surface area contributed by atoms with E-state index in [4.69, 9.17) is 4.74 Å². The molecule has 0 spiro atoms. The molecule has 4 nitrogen and oxygen atoms in total. The lowest BCUT2D eigenvalue weighted by Crippen LogP contribution is -2.42. The number of hydrogen-bond acceptors (Lipinski definition) is 4. The number of aliphatic hydroxyl groups is 1. The van der Waals surface area contributed by atoms with Crippen LogP contribution in [0.25, 0.3) is 0 Å². The quantitative estimate of drug-likeness (QED) is 0.687. The van der Waals surface area contributed by atoms with E-state index in [1.807, 2.05) is 13.8 Å². The second-order valence-corrected chi connectivity index (χ2v) is 5.90. The van der Waals surface area contributed by atoms with Crippen molar-refractivity contribution in [1.82, 2.24) is 0 Å². The van der Waals surface area contributed by atoms with Crippen molar-refractivity contribution in [2.24, 2.45) is 11.3 Å². The Balaban J connectivity index is 2.45. The number of rotatable bonds is 3. The van der Waals surface area contributed by atoms with Gasteiger partial charge in [-0.2, -0.15) is 5.26 Å². The molecule has 0 aromatic heterocycles. The summed E-state index contributed by atoms with van der Waals surface area (Å²) >= 11 is 0. The van der Waals surface area contributed by atoms with Crippen LogP contribution in [0, 0.1) is 34.5 Å². The van der Waals surface area contributed by atoms with Crippen molar-refractivity contribution in [3.8, 4) is 17.9 Å². The standard InChI is InChI=1S/C18H19NO3/c1-13(2)18(21,17(12-19)10-11-17)9-8-14-6-4-5-7-15(14)16(20)22-3/h4-7,13,21H,10-11H2,1-3H3. The fraction of sp³-hybridized carbons (Fsp3) is 0.444. The predicted octanol–water partition coefficient (Wildman–Crippen LogP) is 2.52. The van der Waals surface area contributed by atoms with E-state index in [1.54, 1.807) is 24.3 Å². The van der Waals surface area contributed by atoms with E-state index < -0.39 is 17.0 Å². The molecule has 0 aliphatic heterocycles. The summed E-state index contributed by atoms with van der Waals surface area (Å²) in [5, 5.41) is 20.3. The van der Waals surface area contributed by atoms with Crippen LogP contribution in [0.4, 0.5) is 0 Å². The minimum absolute atomic E-state index is 0.188. The minimum atomic E-state index is -1.38. The first-order chi connectivity index (χ1) is 10.4. The molecule has 0 amide bonds. The Hall–Kier alpha value is -2.30. The van der Waals surface area contributed by atoms with Gasteiger partial charge in [-0.05, 0) is 30.9 Å². The van der Waals surface area contributed by atoms with Gasteiger partial charge in [0.25, 0.3) is 0 Å². The molecule has 1 unspecified atom stereocenters. The summed E-state index contributed by atoms with van der Waals surface area (Å²) in [5.41, 5.74) is -1.34. The summed E-state index contributed by atoms with van der Waals surface area (Å²) in [4.78, 5) is 11.8. The van der Waals surface area contributed by atoms with Crippen molar-refractivity contribution in [3.63, 3.8) is 0 Å². The molecule has 4 heteroatoms. The monoisotopic (exact) mass is 297 g/mol. The molecular formula is C18H19NO3. The first-order valence-corrected chi connectivity index (χ1v) is 7.24. The van der Waals surface area contributed by atoms with E-state index in [2.05, 4.69) is 17.9 Å². The molecule has 2 rings (SSSR count). The maximum atomic E-state index is 11.8. The smallest absolute Gasteiger partial charge is 0.339 e. The zero-order valence-corrected chi connectivity index (χ0v) is 13.0. The van der Waals surface area contributed by atoms with Crippen LogP contribution >= 0.6 is 0 Å². The van der Waals surface area contributed by atoms with Gasteiger partial charge in [-0.25, -0.2) is 4.79 Å². The fourth-order valence-electron chi connectivity index (χ4n) is 2.56. The predicted molar refractivity (Wildman–Crippen MR) is 81.7 cm³/mol. The highest BCUT2D eigenvalue weighted by molar-refractivity contribution is 5.92. The van der Waals surface area contributed by atoms with Crippen molar-refractivity contribution >= 4 is 5.97 Å². The van der Waals surface area contributed by atoms with Gasteiger partial charge in [0.15, 0.2) is 0 Å². The van der Waals surface area contributed by atoms with Crippen LogP contribution in [0.2, 0.25) is 0 Å². The zero-order valence-electron chi connectivity index (χ0n) is 13.0. The highest BCUT2D eigenvalue weighted by Gasteiger charge is 2.60. The molecule has 114 valence electrons. The SMILES string of the molecule is COC(=O)c1ccccc1C#CC(O)(C(C)C)C1(C#N)CC1. The Kier molecular flexibility index (Phi) is 4.26. The van der Waals surface area contributed by atoms with Crippen LogP contribution in [0.1, 0.15) is 42.6 Å². The van der Waals surface area contributed by atoms with Gasteiger partial charge in [-0.3, -0.25) is 0 Å². The highest BCUT2D eigenvalue weighted by atomic mass is 16.5. The number of nitriles is 1. The second-order valence-electron chi connectivity index (χ2n) is 5.90. The first kappa shape index (κ1) is 16.1. The number of hydrogen-bond donors (Lipinski definition) is 1. The Labute approximate surface area is 130 Å². The number of nitrogens with zero attached hydrogens (tertiary/aromatic N) is 1. The third-order valence-corrected chi connectivity index (χ3v) is 4.25. The molecule has 0 bridgehead atoms. The molecule has 1 aliphatic rings. The van der Waals surface area contributed by atoms with E-state index in [1.165, 1.54) is 7.11 Å². The van der Waals surface area contributed by atoms with E-state index in [9.17, 15) is 15.2 Å². The van der Waals surface area contributed by atoms with Gasteiger partial charge in [-0.15, -0.1) is 0 Å². The Bertz CT molecular complexity index is 686. The van der Waals surface area contributed by atoms with Crippen LogP contribution in [0.5, 0.6) is 0 Å². The van der Waals surface area contributed by atoms with Gasteiger partial charge < -0.3 is 9.84 Å². The maximum Gasteiger partial charge on any atom is 0.339 e. The number of benzene rings is 1. The third kappa shape index (κ3) is 2.58. The van der Waals surface area contributed by atoms with E-state index in [0.717, 1.165) is 0 Å². The molecule has 0 heterocycles. The third-order valence-electron chi connectivity index (χ3n) is 4.25.